The second-order valence-electron chi connectivity index (χ2n) is 4.41. The van der Waals surface area contributed by atoms with E-state index in [1.165, 1.54) is 0 Å². The van der Waals surface area contributed by atoms with Crippen molar-refractivity contribution in [1.29, 1.82) is 0 Å². The Labute approximate surface area is 99.7 Å². The van der Waals surface area contributed by atoms with Crippen molar-refractivity contribution in [2.24, 2.45) is 7.05 Å². The number of nitrogens with one attached hydrogen (secondary N) is 1. The Kier molecular flexibility index (Phi) is 2.64. The molecule has 6 nitrogen and oxygen atoms in total. The first-order chi connectivity index (χ1) is 8.36. The van der Waals surface area contributed by atoms with Crippen molar-refractivity contribution in [2.45, 2.75) is 18.9 Å². The minimum absolute atomic E-state index is 0.436. The fourth-order valence-electron chi connectivity index (χ4n) is 2.34. The standard InChI is InChI=1S/C11H16N6/c1-16-7-6-13-11(16)10-8-14-15-17(10)9-2-4-12-5-3-9/h6-9,12H,2-5H2,1H3. The molecule has 0 unspecified atom stereocenters. The molecule has 1 N–H and O–H groups in total. The van der Waals surface area contributed by atoms with Crippen molar-refractivity contribution >= 4 is 0 Å². The van der Waals surface area contributed by atoms with Crippen LogP contribution in [0, 0.1) is 0 Å². The molecular formula is C11H16N6. The summed E-state index contributed by atoms with van der Waals surface area (Å²) in [6, 6.07) is 0.436. The third-order valence-corrected chi connectivity index (χ3v) is 3.28. The molecule has 1 aliphatic rings. The molecule has 1 saturated heterocycles. The summed E-state index contributed by atoms with van der Waals surface area (Å²) < 4.78 is 4.01. The van der Waals surface area contributed by atoms with Crippen LogP contribution >= 0.6 is 0 Å². The minimum Gasteiger partial charge on any atom is -0.333 e. The molecule has 3 rings (SSSR count). The average molecular weight is 232 g/mol. The summed E-state index contributed by atoms with van der Waals surface area (Å²) in [5, 5.41) is 11.6. The van der Waals surface area contributed by atoms with E-state index in [9.17, 15) is 0 Å². The van der Waals surface area contributed by atoms with Gasteiger partial charge in [0.15, 0.2) is 5.82 Å². The van der Waals surface area contributed by atoms with E-state index < -0.39 is 0 Å². The van der Waals surface area contributed by atoms with Gasteiger partial charge in [-0.3, -0.25) is 0 Å². The van der Waals surface area contributed by atoms with E-state index in [4.69, 9.17) is 0 Å². The van der Waals surface area contributed by atoms with Gasteiger partial charge in [0.25, 0.3) is 0 Å². The Balaban J connectivity index is 1.96. The number of hydrogen-bond acceptors (Lipinski definition) is 4. The van der Waals surface area contributed by atoms with Gasteiger partial charge in [0, 0.05) is 19.4 Å². The van der Waals surface area contributed by atoms with Crippen molar-refractivity contribution in [1.82, 2.24) is 29.9 Å². The fourth-order valence-corrected chi connectivity index (χ4v) is 2.34. The molecular weight excluding hydrogens is 216 g/mol. The number of piperidine rings is 1. The average Bonchev–Trinajstić information content (AvgIpc) is 2.98. The second-order valence-corrected chi connectivity index (χ2v) is 4.41. The molecule has 3 heterocycles. The molecule has 1 fully saturated rings. The van der Waals surface area contributed by atoms with Crippen molar-refractivity contribution in [2.75, 3.05) is 13.1 Å². The first-order valence-electron chi connectivity index (χ1n) is 5.95. The molecule has 17 heavy (non-hydrogen) atoms. The molecule has 0 amide bonds. The first-order valence-corrected chi connectivity index (χ1v) is 5.95. The molecule has 0 bridgehead atoms. The van der Waals surface area contributed by atoms with E-state index in [0.29, 0.717) is 6.04 Å². The van der Waals surface area contributed by atoms with Crippen molar-refractivity contribution in [3.05, 3.63) is 18.6 Å². The van der Waals surface area contributed by atoms with Gasteiger partial charge >= 0.3 is 0 Å². The lowest BCUT2D eigenvalue weighted by molar-refractivity contribution is 0.339. The van der Waals surface area contributed by atoms with Gasteiger partial charge in [0.05, 0.1) is 12.2 Å². The van der Waals surface area contributed by atoms with Gasteiger partial charge in [-0.15, -0.1) is 5.10 Å². The second kappa shape index (κ2) is 4.29. The van der Waals surface area contributed by atoms with Gasteiger partial charge in [0.1, 0.15) is 5.69 Å². The number of aromatic nitrogens is 5. The van der Waals surface area contributed by atoms with Gasteiger partial charge in [0.2, 0.25) is 0 Å². The lowest BCUT2D eigenvalue weighted by Crippen LogP contribution is -2.30. The van der Waals surface area contributed by atoms with E-state index in [0.717, 1.165) is 37.4 Å². The van der Waals surface area contributed by atoms with Crippen LogP contribution in [0.15, 0.2) is 18.6 Å². The Morgan fingerprint density at radius 2 is 2.18 bits per heavy atom. The topological polar surface area (TPSA) is 60.6 Å². The largest absolute Gasteiger partial charge is 0.333 e. The molecule has 6 heteroatoms. The Morgan fingerprint density at radius 3 is 2.88 bits per heavy atom. The predicted molar refractivity (Wildman–Crippen MR) is 63.4 cm³/mol. The highest BCUT2D eigenvalue weighted by atomic mass is 15.4. The molecule has 0 spiro atoms. The van der Waals surface area contributed by atoms with Gasteiger partial charge < -0.3 is 9.88 Å². The van der Waals surface area contributed by atoms with Crippen LogP contribution < -0.4 is 5.32 Å². The van der Waals surface area contributed by atoms with Crippen molar-refractivity contribution in [3.8, 4) is 11.5 Å². The van der Waals surface area contributed by atoms with Gasteiger partial charge in [-0.2, -0.15) is 0 Å². The highest BCUT2D eigenvalue weighted by Gasteiger charge is 2.20. The molecule has 2 aromatic heterocycles. The third kappa shape index (κ3) is 1.84. The number of aryl methyl sites for hydroxylation is 1. The Bertz CT molecular complexity index is 494. The molecule has 0 atom stereocenters. The summed E-state index contributed by atoms with van der Waals surface area (Å²) in [6.07, 6.45) is 7.73. The van der Waals surface area contributed by atoms with Crippen LogP contribution in [0.5, 0.6) is 0 Å². The summed E-state index contributed by atoms with van der Waals surface area (Å²) >= 11 is 0. The normalized spacial score (nSPS) is 17.5. The van der Waals surface area contributed by atoms with Crippen LogP contribution in [0.1, 0.15) is 18.9 Å². The first kappa shape index (κ1) is 10.5. The Morgan fingerprint density at radius 1 is 1.35 bits per heavy atom. The quantitative estimate of drug-likeness (QED) is 0.824. The number of hydrogen-bond donors (Lipinski definition) is 1. The van der Waals surface area contributed by atoms with Crippen molar-refractivity contribution < 1.29 is 0 Å². The van der Waals surface area contributed by atoms with Crippen LogP contribution in [0.3, 0.4) is 0 Å². The monoisotopic (exact) mass is 232 g/mol. The van der Waals surface area contributed by atoms with E-state index >= 15 is 0 Å². The van der Waals surface area contributed by atoms with Crippen LogP contribution in [0.2, 0.25) is 0 Å². The van der Waals surface area contributed by atoms with Crippen LogP contribution in [0.4, 0.5) is 0 Å². The van der Waals surface area contributed by atoms with E-state index in [-0.39, 0.29) is 0 Å². The molecule has 2 aromatic rings. The third-order valence-electron chi connectivity index (χ3n) is 3.28. The maximum absolute atomic E-state index is 4.36. The number of rotatable bonds is 2. The summed E-state index contributed by atoms with van der Waals surface area (Å²) in [7, 11) is 1.99. The zero-order valence-corrected chi connectivity index (χ0v) is 9.87. The lowest BCUT2D eigenvalue weighted by atomic mass is 10.1. The summed E-state index contributed by atoms with van der Waals surface area (Å²) in [6.45, 7) is 2.09. The lowest BCUT2D eigenvalue weighted by Gasteiger charge is -2.23. The van der Waals surface area contributed by atoms with Crippen LogP contribution in [-0.4, -0.2) is 37.6 Å². The van der Waals surface area contributed by atoms with E-state index in [2.05, 4.69) is 20.6 Å². The molecule has 0 radical (unpaired) electrons. The molecule has 0 saturated carbocycles. The zero-order valence-electron chi connectivity index (χ0n) is 9.87. The predicted octanol–water partition coefficient (Wildman–Crippen LogP) is 0.603. The molecule has 90 valence electrons. The summed E-state index contributed by atoms with van der Waals surface area (Å²) in [5.41, 5.74) is 1.00. The smallest absolute Gasteiger partial charge is 0.159 e. The van der Waals surface area contributed by atoms with Gasteiger partial charge in [-0.1, -0.05) is 5.21 Å². The minimum atomic E-state index is 0.436. The number of imidazole rings is 1. The van der Waals surface area contributed by atoms with E-state index in [1.807, 2.05) is 22.5 Å². The SMILES string of the molecule is Cn1ccnc1-c1cnnn1C1CCNCC1. The molecule has 1 aliphatic heterocycles. The molecule has 0 aliphatic carbocycles. The highest BCUT2D eigenvalue weighted by molar-refractivity contribution is 5.48. The highest BCUT2D eigenvalue weighted by Crippen LogP contribution is 2.24. The van der Waals surface area contributed by atoms with Gasteiger partial charge in [-0.25, -0.2) is 9.67 Å². The molecule has 0 aromatic carbocycles. The van der Waals surface area contributed by atoms with Crippen molar-refractivity contribution in [3.63, 3.8) is 0 Å². The summed E-state index contributed by atoms with van der Waals surface area (Å²) in [5.74, 6) is 0.925. The fraction of sp³-hybridized carbons (Fsp3) is 0.545. The zero-order chi connectivity index (χ0) is 11.7. The Hall–Kier alpha value is -1.69. The maximum Gasteiger partial charge on any atom is 0.159 e. The summed E-state index contributed by atoms with van der Waals surface area (Å²) in [4.78, 5) is 4.36. The maximum atomic E-state index is 4.36. The van der Waals surface area contributed by atoms with Gasteiger partial charge in [-0.05, 0) is 25.9 Å². The van der Waals surface area contributed by atoms with Crippen LogP contribution in [0.25, 0.3) is 11.5 Å². The van der Waals surface area contributed by atoms with E-state index in [1.54, 1.807) is 12.4 Å². The number of nitrogens with zero attached hydrogens (tertiary/aromatic N) is 5. The van der Waals surface area contributed by atoms with Crippen LogP contribution in [-0.2, 0) is 7.05 Å².